The average molecular weight is 473 g/mol. The van der Waals surface area contributed by atoms with Crippen LogP contribution in [0.2, 0.25) is 0 Å². The van der Waals surface area contributed by atoms with E-state index in [1.165, 1.54) is 5.56 Å². The third-order valence-corrected chi connectivity index (χ3v) is 6.31. The Balaban J connectivity index is 1.89. The van der Waals surface area contributed by atoms with Crippen LogP contribution in [0.25, 0.3) is 0 Å². The number of nitrogens with zero attached hydrogens (tertiary/aromatic N) is 1. The second-order valence-electron chi connectivity index (χ2n) is 9.07. The van der Waals surface area contributed by atoms with Crippen molar-refractivity contribution >= 4 is 11.8 Å². The number of carbonyl (C=O) groups is 2. The third kappa shape index (κ3) is 7.71. The molecule has 0 spiro atoms. The summed E-state index contributed by atoms with van der Waals surface area (Å²) in [5.41, 5.74) is 4.23. The zero-order valence-electron chi connectivity index (χ0n) is 21.2. The Morgan fingerprint density at radius 2 is 1.51 bits per heavy atom. The van der Waals surface area contributed by atoms with E-state index in [0.29, 0.717) is 18.7 Å². The molecular formula is C30H36N2O3. The van der Waals surface area contributed by atoms with Gasteiger partial charge >= 0.3 is 0 Å². The minimum Gasteiger partial charge on any atom is -0.484 e. The number of carbonyl (C=O) groups excluding carboxylic acids is 2. The summed E-state index contributed by atoms with van der Waals surface area (Å²) >= 11 is 0. The molecule has 0 unspecified atom stereocenters. The molecule has 5 heteroatoms. The molecule has 0 saturated carbocycles. The van der Waals surface area contributed by atoms with E-state index in [4.69, 9.17) is 4.74 Å². The fourth-order valence-electron chi connectivity index (χ4n) is 3.81. The van der Waals surface area contributed by atoms with Gasteiger partial charge < -0.3 is 15.0 Å². The predicted octanol–water partition coefficient (Wildman–Crippen LogP) is 5.24. The highest BCUT2D eigenvalue weighted by Crippen LogP contribution is 2.18. The molecular weight excluding hydrogens is 436 g/mol. The number of ether oxygens (including phenoxy) is 1. The molecule has 0 bridgehead atoms. The molecule has 35 heavy (non-hydrogen) atoms. The standard InChI is InChI=1S/C30H36N2O3/c1-5-24(4)31-30(34)28(19-25-12-8-6-9-13-25)32(20-26-14-10-7-11-15-26)29(33)21-35-27-17-16-22(2)23(3)18-27/h6-18,24,28H,5,19-21H2,1-4H3,(H,31,34)/t24-,28+/m0/s1. The van der Waals surface area contributed by atoms with Crippen LogP contribution < -0.4 is 10.1 Å². The van der Waals surface area contributed by atoms with Crippen molar-refractivity contribution in [3.63, 3.8) is 0 Å². The molecule has 0 radical (unpaired) electrons. The van der Waals surface area contributed by atoms with Crippen molar-refractivity contribution in [2.24, 2.45) is 0 Å². The molecule has 0 saturated heterocycles. The zero-order valence-corrected chi connectivity index (χ0v) is 21.2. The molecule has 0 heterocycles. The number of hydrogen-bond donors (Lipinski definition) is 1. The van der Waals surface area contributed by atoms with Crippen molar-refractivity contribution < 1.29 is 14.3 Å². The van der Waals surface area contributed by atoms with Crippen LogP contribution in [0.1, 0.15) is 42.5 Å². The summed E-state index contributed by atoms with van der Waals surface area (Å²) in [5, 5.41) is 3.08. The van der Waals surface area contributed by atoms with Crippen molar-refractivity contribution in [2.45, 2.75) is 59.2 Å². The molecule has 5 nitrogen and oxygen atoms in total. The van der Waals surface area contributed by atoms with Crippen LogP contribution in [-0.2, 0) is 22.6 Å². The van der Waals surface area contributed by atoms with Gasteiger partial charge in [0.15, 0.2) is 6.61 Å². The van der Waals surface area contributed by atoms with E-state index >= 15 is 0 Å². The molecule has 3 rings (SSSR count). The van der Waals surface area contributed by atoms with Gasteiger partial charge in [0.05, 0.1) is 0 Å². The topological polar surface area (TPSA) is 58.6 Å². The maximum atomic E-state index is 13.6. The third-order valence-electron chi connectivity index (χ3n) is 6.31. The Morgan fingerprint density at radius 1 is 0.886 bits per heavy atom. The Morgan fingerprint density at radius 3 is 2.11 bits per heavy atom. The van der Waals surface area contributed by atoms with E-state index in [9.17, 15) is 9.59 Å². The predicted molar refractivity (Wildman–Crippen MR) is 140 cm³/mol. The molecule has 0 aliphatic rings. The lowest BCUT2D eigenvalue weighted by Crippen LogP contribution is -2.53. The second kappa shape index (κ2) is 12.7. The lowest BCUT2D eigenvalue weighted by Gasteiger charge is -2.32. The molecule has 1 N–H and O–H groups in total. The number of amides is 2. The van der Waals surface area contributed by atoms with Gasteiger partial charge in [-0.3, -0.25) is 9.59 Å². The average Bonchev–Trinajstić information content (AvgIpc) is 2.87. The van der Waals surface area contributed by atoms with Gasteiger partial charge in [0.2, 0.25) is 5.91 Å². The first kappa shape index (κ1) is 26.0. The van der Waals surface area contributed by atoms with Crippen LogP contribution in [0, 0.1) is 13.8 Å². The van der Waals surface area contributed by atoms with Crippen molar-refractivity contribution in [3.05, 3.63) is 101 Å². The fourth-order valence-corrected chi connectivity index (χ4v) is 3.81. The molecule has 0 fully saturated rings. The largest absolute Gasteiger partial charge is 0.484 e. The Bertz CT molecular complexity index is 1100. The van der Waals surface area contributed by atoms with Crippen molar-refractivity contribution in [3.8, 4) is 5.75 Å². The van der Waals surface area contributed by atoms with E-state index in [-0.39, 0.29) is 24.5 Å². The van der Waals surface area contributed by atoms with Gasteiger partial charge in [0.1, 0.15) is 11.8 Å². The number of aryl methyl sites for hydroxylation is 2. The summed E-state index contributed by atoms with van der Waals surface area (Å²) in [6.45, 7) is 8.24. The Labute approximate surface area is 209 Å². The minimum absolute atomic E-state index is 0.0150. The maximum Gasteiger partial charge on any atom is 0.261 e. The van der Waals surface area contributed by atoms with Crippen molar-refractivity contribution in [1.82, 2.24) is 10.2 Å². The van der Waals surface area contributed by atoms with Crippen LogP contribution in [0.3, 0.4) is 0 Å². The van der Waals surface area contributed by atoms with Gasteiger partial charge in [-0.05, 0) is 61.6 Å². The van der Waals surface area contributed by atoms with Gasteiger partial charge in [-0.1, -0.05) is 73.7 Å². The highest BCUT2D eigenvalue weighted by atomic mass is 16.5. The first-order chi connectivity index (χ1) is 16.9. The molecule has 2 atom stereocenters. The summed E-state index contributed by atoms with van der Waals surface area (Å²) in [6.07, 6.45) is 1.23. The molecule has 0 aliphatic carbocycles. The number of rotatable bonds is 11. The van der Waals surface area contributed by atoms with Crippen LogP contribution in [0.5, 0.6) is 5.75 Å². The summed E-state index contributed by atoms with van der Waals surface area (Å²) < 4.78 is 5.88. The van der Waals surface area contributed by atoms with Crippen LogP contribution in [-0.4, -0.2) is 35.4 Å². The SMILES string of the molecule is CC[C@H](C)NC(=O)[C@@H](Cc1ccccc1)N(Cc1ccccc1)C(=O)COc1ccc(C)c(C)c1. The fraction of sp³-hybridized carbons (Fsp3) is 0.333. The van der Waals surface area contributed by atoms with Gasteiger partial charge in [0.25, 0.3) is 5.91 Å². The van der Waals surface area contributed by atoms with E-state index in [1.54, 1.807) is 4.90 Å². The van der Waals surface area contributed by atoms with Gasteiger partial charge in [-0.25, -0.2) is 0 Å². The van der Waals surface area contributed by atoms with Gasteiger partial charge in [-0.2, -0.15) is 0 Å². The first-order valence-electron chi connectivity index (χ1n) is 12.2. The molecule has 0 aromatic heterocycles. The normalized spacial score (nSPS) is 12.5. The van der Waals surface area contributed by atoms with Crippen molar-refractivity contribution in [1.29, 1.82) is 0 Å². The van der Waals surface area contributed by atoms with E-state index in [2.05, 4.69) is 5.32 Å². The summed E-state index contributed by atoms with van der Waals surface area (Å²) in [4.78, 5) is 28.7. The zero-order chi connectivity index (χ0) is 25.2. The van der Waals surface area contributed by atoms with E-state index in [0.717, 1.165) is 23.1 Å². The monoisotopic (exact) mass is 472 g/mol. The quantitative estimate of drug-likeness (QED) is 0.415. The Kier molecular flexibility index (Phi) is 9.47. The molecule has 184 valence electrons. The second-order valence-corrected chi connectivity index (χ2v) is 9.07. The molecule has 0 aliphatic heterocycles. The van der Waals surface area contributed by atoms with Crippen LogP contribution in [0.4, 0.5) is 0 Å². The summed E-state index contributed by atoms with van der Waals surface area (Å²) in [6, 6.07) is 24.7. The van der Waals surface area contributed by atoms with Gasteiger partial charge in [-0.15, -0.1) is 0 Å². The van der Waals surface area contributed by atoms with Crippen LogP contribution in [0.15, 0.2) is 78.9 Å². The lowest BCUT2D eigenvalue weighted by molar-refractivity contribution is -0.143. The van der Waals surface area contributed by atoms with Crippen molar-refractivity contribution in [2.75, 3.05) is 6.61 Å². The highest BCUT2D eigenvalue weighted by molar-refractivity contribution is 5.88. The van der Waals surface area contributed by atoms with Crippen LogP contribution >= 0.6 is 0 Å². The first-order valence-corrected chi connectivity index (χ1v) is 12.2. The maximum absolute atomic E-state index is 13.6. The summed E-state index contributed by atoms with van der Waals surface area (Å²) in [5.74, 6) is 0.260. The lowest BCUT2D eigenvalue weighted by atomic mass is 10.0. The Hall–Kier alpha value is -3.60. The smallest absolute Gasteiger partial charge is 0.261 e. The number of benzene rings is 3. The number of hydrogen-bond acceptors (Lipinski definition) is 3. The highest BCUT2D eigenvalue weighted by Gasteiger charge is 2.31. The van der Waals surface area contributed by atoms with E-state index in [1.807, 2.05) is 107 Å². The summed E-state index contributed by atoms with van der Waals surface area (Å²) in [7, 11) is 0. The molecule has 3 aromatic carbocycles. The molecule has 2 amide bonds. The molecule has 3 aromatic rings. The van der Waals surface area contributed by atoms with Gasteiger partial charge in [0, 0.05) is 19.0 Å². The van der Waals surface area contributed by atoms with E-state index < -0.39 is 6.04 Å². The number of nitrogens with one attached hydrogen (secondary N) is 1. The minimum atomic E-state index is -0.664.